The van der Waals surface area contributed by atoms with Gasteiger partial charge in [-0.15, -0.1) is 0 Å². The predicted molar refractivity (Wildman–Crippen MR) is 90.6 cm³/mol. The molecule has 0 aliphatic rings. The Bertz CT molecular complexity index is 404. The largest absolute Gasteiger partial charge is 0.388 e. The van der Waals surface area contributed by atoms with E-state index in [1.165, 1.54) is 5.56 Å². The van der Waals surface area contributed by atoms with E-state index >= 15 is 0 Å². The highest BCUT2D eigenvalue weighted by Crippen LogP contribution is 2.20. The van der Waals surface area contributed by atoms with Crippen molar-refractivity contribution in [1.29, 1.82) is 0 Å². The first-order valence-electron chi connectivity index (χ1n) is 8.00. The SMILES string of the molecule is Cc1ccccc1C(O)CCN(CCN(C)C)CC(C)C. The Labute approximate surface area is 130 Å². The number of aliphatic hydroxyl groups is 1. The highest BCUT2D eigenvalue weighted by atomic mass is 16.3. The zero-order valence-corrected chi connectivity index (χ0v) is 14.3. The Hall–Kier alpha value is -0.900. The second kappa shape index (κ2) is 9.19. The zero-order chi connectivity index (χ0) is 15.8. The summed E-state index contributed by atoms with van der Waals surface area (Å²) in [6.45, 7) is 10.7. The van der Waals surface area contributed by atoms with Gasteiger partial charge in [-0.2, -0.15) is 0 Å². The van der Waals surface area contributed by atoms with Crippen LogP contribution in [0.15, 0.2) is 24.3 Å². The molecule has 0 aromatic heterocycles. The molecule has 1 unspecified atom stereocenters. The van der Waals surface area contributed by atoms with Crippen LogP contribution in [0.1, 0.15) is 37.5 Å². The fraction of sp³-hybridized carbons (Fsp3) is 0.667. The Morgan fingerprint density at radius 3 is 2.29 bits per heavy atom. The molecular formula is C18H32N2O. The van der Waals surface area contributed by atoms with Gasteiger partial charge < -0.3 is 14.9 Å². The van der Waals surface area contributed by atoms with Crippen molar-refractivity contribution in [3.8, 4) is 0 Å². The number of hydrogen-bond acceptors (Lipinski definition) is 3. The van der Waals surface area contributed by atoms with Gasteiger partial charge in [-0.05, 0) is 44.5 Å². The van der Waals surface area contributed by atoms with E-state index in [0.717, 1.165) is 38.2 Å². The maximum Gasteiger partial charge on any atom is 0.0804 e. The summed E-state index contributed by atoms with van der Waals surface area (Å²) in [5.74, 6) is 0.655. The standard InChI is InChI=1S/C18H32N2O/c1-15(2)14-20(13-12-19(4)5)11-10-18(21)17-9-7-6-8-16(17)3/h6-9,15,18,21H,10-14H2,1-5H3. The van der Waals surface area contributed by atoms with Crippen LogP contribution in [0.4, 0.5) is 0 Å². The summed E-state index contributed by atoms with van der Waals surface area (Å²) in [5, 5.41) is 10.4. The number of hydrogen-bond donors (Lipinski definition) is 1. The minimum Gasteiger partial charge on any atom is -0.388 e. The first-order chi connectivity index (χ1) is 9.90. The summed E-state index contributed by atoms with van der Waals surface area (Å²) in [6, 6.07) is 8.13. The third-order valence-corrected chi connectivity index (χ3v) is 3.75. The third kappa shape index (κ3) is 7.07. The number of benzene rings is 1. The van der Waals surface area contributed by atoms with E-state index in [1.54, 1.807) is 0 Å². The maximum atomic E-state index is 10.4. The Kier molecular flexibility index (Phi) is 7.94. The van der Waals surface area contributed by atoms with Crippen molar-refractivity contribution in [2.75, 3.05) is 40.3 Å². The number of nitrogens with zero attached hydrogens (tertiary/aromatic N) is 2. The molecule has 120 valence electrons. The summed E-state index contributed by atoms with van der Waals surface area (Å²) < 4.78 is 0. The van der Waals surface area contributed by atoms with Gasteiger partial charge in [0.1, 0.15) is 0 Å². The molecule has 0 aliphatic carbocycles. The predicted octanol–water partition coefficient (Wildman–Crippen LogP) is 2.94. The number of aryl methyl sites for hydroxylation is 1. The van der Waals surface area contributed by atoms with Crippen molar-refractivity contribution >= 4 is 0 Å². The smallest absolute Gasteiger partial charge is 0.0804 e. The lowest BCUT2D eigenvalue weighted by Crippen LogP contribution is -2.35. The lowest BCUT2D eigenvalue weighted by Gasteiger charge is -2.27. The fourth-order valence-corrected chi connectivity index (χ4v) is 2.57. The lowest BCUT2D eigenvalue weighted by atomic mass is 10.0. The molecule has 0 spiro atoms. The van der Waals surface area contributed by atoms with E-state index < -0.39 is 0 Å². The number of aliphatic hydroxyl groups excluding tert-OH is 1. The fourth-order valence-electron chi connectivity index (χ4n) is 2.57. The van der Waals surface area contributed by atoms with Crippen LogP contribution in [-0.4, -0.2) is 55.2 Å². The molecular weight excluding hydrogens is 260 g/mol. The van der Waals surface area contributed by atoms with Crippen LogP contribution in [0.5, 0.6) is 0 Å². The molecule has 3 nitrogen and oxygen atoms in total. The molecule has 21 heavy (non-hydrogen) atoms. The second-order valence-corrected chi connectivity index (χ2v) is 6.66. The molecule has 0 fully saturated rings. The van der Waals surface area contributed by atoms with Crippen LogP contribution in [0.3, 0.4) is 0 Å². The molecule has 0 heterocycles. The van der Waals surface area contributed by atoms with Crippen molar-refractivity contribution in [2.45, 2.75) is 33.3 Å². The van der Waals surface area contributed by atoms with E-state index in [4.69, 9.17) is 0 Å². The Morgan fingerprint density at radius 1 is 1.05 bits per heavy atom. The summed E-state index contributed by atoms with van der Waals surface area (Å²) in [5.41, 5.74) is 2.24. The van der Waals surface area contributed by atoms with E-state index in [1.807, 2.05) is 18.2 Å². The minimum atomic E-state index is -0.361. The Balaban J connectivity index is 2.53. The molecule has 1 rings (SSSR count). The minimum absolute atomic E-state index is 0.361. The summed E-state index contributed by atoms with van der Waals surface area (Å²) in [6.07, 6.45) is 0.436. The first-order valence-corrected chi connectivity index (χ1v) is 8.00. The van der Waals surface area contributed by atoms with Gasteiger partial charge in [0.15, 0.2) is 0 Å². The van der Waals surface area contributed by atoms with Crippen LogP contribution in [0.25, 0.3) is 0 Å². The van der Waals surface area contributed by atoms with Gasteiger partial charge in [0, 0.05) is 26.2 Å². The molecule has 0 saturated heterocycles. The maximum absolute atomic E-state index is 10.4. The van der Waals surface area contributed by atoms with Crippen molar-refractivity contribution < 1.29 is 5.11 Å². The third-order valence-electron chi connectivity index (χ3n) is 3.75. The van der Waals surface area contributed by atoms with Crippen LogP contribution < -0.4 is 0 Å². The molecule has 0 radical (unpaired) electrons. The van der Waals surface area contributed by atoms with Crippen LogP contribution in [0, 0.1) is 12.8 Å². The molecule has 0 bridgehead atoms. The van der Waals surface area contributed by atoms with Gasteiger partial charge in [-0.1, -0.05) is 38.1 Å². The zero-order valence-electron chi connectivity index (χ0n) is 14.3. The highest BCUT2D eigenvalue weighted by molar-refractivity contribution is 5.27. The van der Waals surface area contributed by atoms with E-state index in [2.05, 4.69) is 50.7 Å². The van der Waals surface area contributed by atoms with Gasteiger partial charge in [0.25, 0.3) is 0 Å². The van der Waals surface area contributed by atoms with Gasteiger partial charge >= 0.3 is 0 Å². The molecule has 0 aliphatic heterocycles. The summed E-state index contributed by atoms with van der Waals surface area (Å²) in [4.78, 5) is 4.68. The molecule has 1 aromatic rings. The van der Waals surface area contributed by atoms with Crippen LogP contribution >= 0.6 is 0 Å². The molecule has 0 amide bonds. The van der Waals surface area contributed by atoms with Crippen LogP contribution in [0.2, 0.25) is 0 Å². The van der Waals surface area contributed by atoms with Crippen molar-refractivity contribution in [3.63, 3.8) is 0 Å². The first kappa shape index (κ1) is 18.1. The topological polar surface area (TPSA) is 26.7 Å². The molecule has 0 saturated carbocycles. The van der Waals surface area contributed by atoms with Crippen molar-refractivity contribution in [1.82, 2.24) is 9.80 Å². The highest BCUT2D eigenvalue weighted by Gasteiger charge is 2.13. The average molecular weight is 292 g/mol. The molecule has 3 heteroatoms. The molecule has 1 aromatic carbocycles. The summed E-state index contributed by atoms with van der Waals surface area (Å²) in [7, 11) is 4.21. The van der Waals surface area contributed by atoms with Gasteiger partial charge in [-0.25, -0.2) is 0 Å². The molecule has 1 N–H and O–H groups in total. The van der Waals surface area contributed by atoms with E-state index in [0.29, 0.717) is 5.92 Å². The normalized spacial score (nSPS) is 13.4. The monoisotopic (exact) mass is 292 g/mol. The quantitative estimate of drug-likeness (QED) is 0.758. The van der Waals surface area contributed by atoms with Gasteiger partial charge in [0.05, 0.1) is 6.10 Å². The number of rotatable bonds is 9. The van der Waals surface area contributed by atoms with Gasteiger partial charge in [-0.3, -0.25) is 0 Å². The van der Waals surface area contributed by atoms with Crippen LogP contribution in [-0.2, 0) is 0 Å². The Morgan fingerprint density at radius 2 is 1.71 bits per heavy atom. The van der Waals surface area contributed by atoms with E-state index in [9.17, 15) is 5.11 Å². The summed E-state index contributed by atoms with van der Waals surface area (Å²) >= 11 is 0. The molecule has 1 atom stereocenters. The lowest BCUT2D eigenvalue weighted by molar-refractivity contribution is 0.133. The van der Waals surface area contributed by atoms with Crippen molar-refractivity contribution in [2.24, 2.45) is 5.92 Å². The van der Waals surface area contributed by atoms with Gasteiger partial charge in [0.2, 0.25) is 0 Å². The number of likely N-dealkylation sites (N-methyl/N-ethyl adjacent to an activating group) is 1. The second-order valence-electron chi connectivity index (χ2n) is 6.66. The van der Waals surface area contributed by atoms with Crippen molar-refractivity contribution in [3.05, 3.63) is 35.4 Å². The van der Waals surface area contributed by atoms with E-state index in [-0.39, 0.29) is 6.10 Å². The average Bonchev–Trinajstić information content (AvgIpc) is 2.41.